The molecule has 1 saturated carbocycles. The van der Waals surface area contributed by atoms with Crippen molar-refractivity contribution in [2.75, 3.05) is 0 Å². The zero-order valence-electron chi connectivity index (χ0n) is 17.0. The van der Waals surface area contributed by atoms with Gasteiger partial charge in [-0.25, -0.2) is 0 Å². The van der Waals surface area contributed by atoms with Crippen LogP contribution in [0.2, 0.25) is 0 Å². The molecule has 0 saturated heterocycles. The molecule has 2 unspecified atom stereocenters. The number of thioether (sulfide) groups is 2. The second kappa shape index (κ2) is 6.44. The lowest BCUT2D eigenvalue weighted by Gasteiger charge is -2.47. The highest BCUT2D eigenvalue weighted by Crippen LogP contribution is 2.75. The number of hydrogen-bond acceptors (Lipinski definition) is 4. The summed E-state index contributed by atoms with van der Waals surface area (Å²) in [5.41, 5.74) is -2.69. The fourth-order valence-electron chi connectivity index (χ4n) is 4.99. The molecule has 2 aliphatic heterocycles. The van der Waals surface area contributed by atoms with Crippen LogP contribution in [0.25, 0.3) is 9.81 Å². The minimum Gasteiger partial charge on any atom is -0.194 e. The van der Waals surface area contributed by atoms with Crippen LogP contribution in [0.1, 0.15) is 23.6 Å². The van der Waals surface area contributed by atoms with E-state index in [2.05, 4.69) is 0 Å². The Balaban J connectivity index is 1.70. The Morgan fingerprint density at radius 3 is 1.36 bits per heavy atom. The number of allylic oxidation sites excluding steroid dienone is 4. The molecule has 2 aromatic rings. The van der Waals surface area contributed by atoms with Crippen molar-refractivity contribution in [3.8, 4) is 0 Å². The molecule has 2 aromatic heterocycles. The average molecular weight is 533 g/mol. The van der Waals surface area contributed by atoms with Crippen molar-refractivity contribution in [1.82, 2.24) is 0 Å². The zero-order valence-corrected chi connectivity index (χ0v) is 20.3. The molecule has 4 aliphatic rings. The fourth-order valence-corrected chi connectivity index (χ4v) is 9.77. The van der Waals surface area contributed by atoms with Crippen LogP contribution in [0, 0.1) is 0 Å². The second-order valence-corrected chi connectivity index (χ2v) is 13.4. The van der Waals surface area contributed by atoms with Crippen LogP contribution in [0.5, 0.6) is 0 Å². The standard InChI is InChI=1S/C23H14F6S4/c1-19-11(9-15(32-19)13-5-3-7-30-13)17-18(22(26,27)23(28,29)21(17,24)25)12-10-16(33-20(12,19)2)14-6-4-8-31-14/h3-10H,1-2H3. The molecule has 2 aliphatic carbocycles. The Kier molecular flexibility index (Phi) is 4.32. The Bertz CT molecular complexity index is 1210. The minimum absolute atomic E-state index is 0.132. The van der Waals surface area contributed by atoms with Crippen molar-refractivity contribution < 1.29 is 26.3 Å². The fraction of sp³-hybridized carbons (Fsp3) is 0.304. The predicted molar refractivity (Wildman–Crippen MR) is 125 cm³/mol. The van der Waals surface area contributed by atoms with Gasteiger partial charge in [-0.2, -0.15) is 26.3 Å². The van der Waals surface area contributed by atoms with Gasteiger partial charge in [-0.05, 0) is 60.0 Å². The quantitative estimate of drug-likeness (QED) is 0.355. The molecule has 0 aromatic carbocycles. The van der Waals surface area contributed by atoms with E-state index in [1.807, 2.05) is 10.8 Å². The van der Waals surface area contributed by atoms with Crippen LogP contribution >= 0.6 is 46.2 Å². The van der Waals surface area contributed by atoms with Gasteiger partial charge in [0.15, 0.2) is 0 Å². The van der Waals surface area contributed by atoms with Gasteiger partial charge in [-0.15, -0.1) is 46.2 Å². The summed E-state index contributed by atoms with van der Waals surface area (Å²) in [6.07, 6.45) is 2.84. The summed E-state index contributed by atoms with van der Waals surface area (Å²) in [6.45, 7) is 3.41. The highest BCUT2D eigenvalue weighted by molar-refractivity contribution is 8.14. The number of rotatable bonds is 2. The summed E-state index contributed by atoms with van der Waals surface area (Å²) in [5, 5.41) is 3.64. The van der Waals surface area contributed by atoms with Gasteiger partial charge in [0.2, 0.25) is 0 Å². The normalized spacial score (nSPS) is 33.1. The van der Waals surface area contributed by atoms with E-state index in [1.54, 1.807) is 38.1 Å². The van der Waals surface area contributed by atoms with Crippen LogP contribution in [0.4, 0.5) is 26.3 Å². The van der Waals surface area contributed by atoms with E-state index in [1.165, 1.54) is 58.3 Å². The third kappa shape index (κ3) is 2.43. The van der Waals surface area contributed by atoms with Crippen molar-refractivity contribution in [2.45, 2.75) is 41.1 Å². The lowest BCUT2D eigenvalue weighted by atomic mass is 9.71. The van der Waals surface area contributed by atoms with Crippen molar-refractivity contribution in [2.24, 2.45) is 0 Å². The SMILES string of the molecule is CC12SC(c3cccs3)=CC1=C1C(=C3C=C(c4cccs4)SC32C)C(F)(F)C(F)(F)C1(F)F. The molecular weight excluding hydrogens is 519 g/mol. The first kappa shape index (κ1) is 22.1. The van der Waals surface area contributed by atoms with Crippen LogP contribution in [-0.2, 0) is 0 Å². The Morgan fingerprint density at radius 1 is 0.636 bits per heavy atom. The molecule has 2 atom stereocenters. The van der Waals surface area contributed by atoms with E-state index in [4.69, 9.17) is 0 Å². The first-order chi connectivity index (χ1) is 15.4. The Labute approximate surface area is 202 Å². The zero-order chi connectivity index (χ0) is 23.6. The van der Waals surface area contributed by atoms with Crippen LogP contribution in [0.15, 0.2) is 69.5 Å². The first-order valence-corrected chi connectivity index (χ1v) is 13.3. The maximum Gasteiger partial charge on any atom is 0.380 e. The molecule has 0 nitrogen and oxygen atoms in total. The summed E-state index contributed by atoms with van der Waals surface area (Å²) in [6, 6.07) is 7.21. The van der Waals surface area contributed by atoms with E-state index >= 15 is 17.6 Å². The highest BCUT2D eigenvalue weighted by Gasteiger charge is 2.84. The van der Waals surface area contributed by atoms with Crippen molar-refractivity contribution in [3.05, 3.63) is 79.2 Å². The number of alkyl halides is 6. The van der Waals surface area contributed by atoms with Gasteiger partial charge in [0.25, 0.3) is 0 Å². The van der Waals surface area contributed by atoms with Gasteiger partial charge in [-0.1, -0.05) is 12.1 Å². The number of halogens is 6. The van der Waals surface area contributed by atoms with E-state index in [0.29, 0.717) is 9.81 Å². The Hall–Kier alpha value is -1.36. The monoisotopic (exact) mass is 532 g/mol. The molecule has 10 heteroatoms. The van der Waals surface area contributed by atoms with E-state index < -0.39 is 38.4 Å². The maximum atomic E-state index is 15.2. The molecule has 4 heterocycles. The van der Waals surface area contributed by atoms with Gasteiger partial charge >= 0.3 is 17.8 Å². The molecule has 172 valence electrons. The first-order valence-electron chi connectivity index (χ1n) is 9.90. The molecule has 0 amide bonds. The van der Waals surface area contributed by atoms with Gasteiger partial charge in [0.1, 0.15) is 0 Å². The van der Waals surface area contributed by atoms with Gasteiger partial charge in [0, 0.05) is 30.7 Å². The Morgan fingerprint density at radius 2 is 1.03 bits per heavy atom. The van der Waals surface area contributed by atoms with Crippen LogP contribution in [-0.4, -0.2) is 27.3 Å². The lowest BCUT2D eigenvalue weighted by Crippen LogP contribution is -2.48. The molecule has 1 fully saturated rings. The van der Waals surface area contributed by atoms with E-state index in [-0.39, 0.29) is 11.1 Å². The topological polar surface area (TPSA) is 0 Å². The molecule has 0 bridgehead atoms. The third-order valence-electron chi connectivity index (χ3n) is 6.85. The van der Waals surface area contributed by atoms with Gasteiger partial charge < -0.3 is 0 Å². The van der Waals surface area contributed by atoms with Crippen molar-refractivity contribution >= 4 is 56.0 Å². The number of hydrogen-bond donors (Lipinski definition) is 0. The smallest absolute Gasteiger partial charge is 0.194 e. The molecule has 0 radical (unpaired) electrons. The number of thiophene rings is 2. The molecule has 0 spiro atoms. The largest absolute Gasteiger partial charge is 0.380 e. The minimum atomic E-state index is -5.52. The van der Waals surface area contributed by atoms with E-state index in [9.17, 15) is 8.78 Å². The average Bonchev–Trinajstić information content (AvgIpc) is 3.52. The van der Waals surface area contributed by atoms with Crippen molar-refractivity contribution in [3.63, 3.8) is 0 Å². The second-order valence-electron chi connectivity index (χ2n) is 8.54. The molecule has 6 rings (SSSR count). The summed E-state index contributed by atoms with van der Waals surface area (Å²) in [4.78, 5) is 2.81. The van der Waals surface area contributed by atoms with Crippen LogP contribution < -0.4 is 0 Å². The summed E-state index contributed by atoms with van der Waals surface area (Å²) in [7, 11) is 0. The molecule has 33 heavy (non-hydrogen) atoms. The van der Waals surface area contributed by atoms with Gasteiger partial charge in [0.05, 0.1) is 9.49 Å². The summed E-state index contributed by atoms with van der Waals surface area (Å²) in [5.74, 6) is -15.5. The van der Waals surface area contributed by atoms with Gasteiger partial charge in [-0.3, -0.25) is 0 Å². The molecular formula is C23H14F6S4. The summed E-state index contributed by atoms with van der Waals surface area (Å²) >= 11 is 5.34. The van der Waals surface area contributed by atoms with E-state index in [0.717, 1.165) is 9.75 Å². The number of fused-ring (bicyclic) bond motifs is 4. The summed E-state index contributed by atoms with van der Waals surface area (Å²) < 4.78 is 87.9. The molecule has 0 N–H and O–H groups in total. The highest BCUT2D eigenvalue weighted by atomic mass is 32.2. The van der Waals surface area contributed by atoms with Crippen LogP contribution in [0.3, 0.4) is 0 Å². The maximum absolute atomic E-state index is 15.2. The lowest BCUT2D eigenvalue weighted by molar-refractivity contribution is -0.258. The predicted octanol–water partition coefficient (Wildman–Crippen LogP) is 8.73. The third-order valence-corrected chi connectivity index (χ3v) is 12.2. The van der Waals surface area contributed by atoms with Crippen molar-refractivity contribution in [1.29, 1.82) is 0 Å².